The Morgan fingerprint density at radius 2 is 2.00 bits per heavy atom. The molecule has 1 aromatic carbocycles. The second-order valence-electron chi connectivity index (χ2n) is 10.6. The van der Waals surface area contributed by atoms with E-state index in [0.717, 1.165) is 12.8 Å². The Balaban J connectivity index is 1.47. The lowest BCUT2D eigenvalue weighted by molar-refractivity contribution is -0.125. The number of nitrogens with one attached hydrogen (secondary N) is 4. The van der Waals surface area contributed by atoms with Crippen molar-refractivity contribution in [2.75, 3.05) is 31.6 Å². The Labute approximate surface area is 217 Å². The van der Waals surface area contributed by atoms with Crippen LogP contribution in [0.1, 0.15) is 36.2 Å². The quantitative estimate of drug-likeness (QED) is 0.393. The average Bonchev–Trinajstić information content (AvgIpc) is 3.27. The smallest absolute Gasteiger partial charge is 0.268 e. The number of benzene rings is 1. The Hall–Kier alpha value is -2.90. The van der Waals surface area contributed by atoms with Gasteiger partial charge in [-0.05, 0) is 56.6 Å². The monoisotopic (exact) mass is 533 g/mol. The minimum absolute atomic E-state index is 0.0555. The number of ether oxygens (including phenoxy) is 1. The number of H-pyrrole nitrogens is 1. The van der Waals surface area contributed by atoms with Crippen molar-refractivity contribution < 1.29 is 19.1 Å². The largest absolute Gasteiger partial charge is 0.497 e. The summed E-state index contributed by atoms with van der Waals surface area (Å²) in [5, 5.41) is 19.4. The van der Waals surface area contributed by atoms with Gasteiger partial charge in [0.05, 0.1) is 23.7 Å². The van der Waals surface area contributed by atoms with Crippen molar-refractivity contribution in [1.29, 1.82) is 5.26 Å². The number of aromatic nitrogens is 1. The van der Waals surface area contributed by atoms with Crippen molar-refractivity contribution >= 4 is 50.3 Å². The number of hydrogen-bond donors (Lipinski definition) is 4. The molecular weight excluding hydrogens is 502 g/mol. The first-order chi connectivity index (χ1) is 16.9. The van der Waals surface area contributed by atoms with Crippen LogP contribution in [0.15, 0.2) is 18.2 Å². The Morgan fingerprint density at radius 3 is 2.58 bits per heavy atom. The zero-order valence-electron chi connectivity index (χ0n) is 20.9. The Bertz CT molecular complexity index is 1240. The van der Waals surface area contributed by atoms with E-state index in [1.165, 1.54) is 7.11 Å². The normalized spacial score (nSPS) is 20.3. The van der Waals surface area contributed by atoms with Gasteiger partial charge in [-0.1, -0.05) is 11.6 Å². The van der Waals surface area contributed by atoms with Gasteiger partial charge in [0, 0.05) is 28.7 Å². The number of amides is 3. The van der Waals surface area contributed by atoms with Crippen molar-refractivity contribution in [2.45, 2.75) is 43.3 Å². The zero-order chi connectivity index (χ0) is 26.3. The van der Waals surface area contributed by atoms with Crippen LogP contribution in [0.25, 0.3) is 10.9 Å². The minimum Gasteiger partial charge on any atom is -0.497 e. The lowest BCUT2D eigenvalue weighted by atomic mass is 9.96. The molecule has 1 saturated heterocycles. The summed E-state index contributed by atoms with van der Waals surface area (Å²) in [4.78, 5) is 41.7. The Morgan fingerprint density at radius 1 is 1.28 bits per heavy atom. The summed E-state index contributed by atoms with van der Waals surface area (Å²) in [6.45, 7) is 0. The highest BCUT2D eigenvalue weighted by Gasteiger charge is 2.52. The van der Waals surface area contributed by atoms with Gasteiger partial charge in [-0.15, -0.1) is 0 Å². The first-order valence-corrected chi connectivity index (χ1v) is 15.2. The van der Waals surface area contributed by atoms with Crippen LogP contribution >= 0.6 is 21.6 Å². The average molecular weight is 534 g/mol. The topological polar surface area (TPSA) is 136 Å². The maximum absolute atomic E-state index is 13.2. The molecule has 1 aliphatic heterocycles. The van der Waals surface area contributed by atoms with Crippen molar-refractivity contribution in [1.82, 2.24) is 20.9 Å². The van der Waals surface area contributed by atoms with Crippen LogP contribution < -0.4 is 20.7 Å². The molecule has 3 unspecified atom stereocenters. The van der Waals surface area contributed by atoms with E-state index in [2.05, 4.69) is 27.0 Å². The van der Waals surface area contributed by atoms with Gasteiger partial charge in [0.25, 0.3) is 5.91 Å². The van der Waals surface area contributed by atoms with Gasteiger partial charge < -0.3 is 25.7 Å². The van der Waals surface area contributed by atoms with Crippen molar-refractivity contribution in [3.63, 3.8) is 0 Å². The molecule has 36 heavy (non-hydrogen) atoms. The van der Waals surface area contributed by atoms with Crippen molar-refractivity contribution in [3.05, 3.63) is 28.9 Å². The number of nitriles is 1. The number of carbonyl (C=O) groups excluding carboxylic acids is 3. The van der Waals surface area contributed by atoms with Crippen LogP contribution in [0.3, 0.4) is 0 Å². The molecule has 0 bridgehead atoms. The standard InChI is InChI=1S/C25H32ClN5O4S/c1-35-17-8-14-9-19(29-21(14)18(26)10-17)23(33)30-20(13-36(2,3)4)24(34)28-16(12-27)7-15-11-25(5-6-25)31-22(15)32/h8-10,15-16,20,29H,5-7,11,13H2,1-4H3,(H,28,34)(H,30,33)(H,31,32). The molecule has 2 fully saturated rings. The van der Waals surface area contributed by atoms with Crippen LogP contribution in [0.2, 0.25) is 5.02 Å². The Kier molecular flexibility index (Phi) is 7.17. The highest BCUT2D eigenvalue weighted by molar-refractivity contribution is 8.32. The number of fused-ring (bicyclic) bond motifs is 1. The van der Waals surface area contributed by atoms with Gasteiger partial charge in [0.1, 0.15) is 23.5 Å². The van der Waals surface area contributed by atoms with Gasteiger partial charge in [-0.25, -0.2) is 10.0 Å². The second-order valence-corrected chi connectivity index (χ2v) is 15.6. The molecule has 4 rings (SSSR count). The van der Waals surface area contributed by atoms with Crippen LogP contribution in [-0.4, -0.2) is 72.0 Å². The summed E-state index contributed by atoms with van der Waals surface area (Å²) >= 11 is 6.31. The molecule has 1 aromatic heterocycles. The van der Waals surface area contributed by atoms with E-state index in [-0.39, 0.29) is 29.5 Å². The lowest BCUT2D eigenvalue weighted by Gasteiger charge is -2.31. The number of halogens is 1. The molecule has 1 aliphatic carbocycles. The molecule has 9 nitrogen and oxygen atoms in total. The summed E-state index contributed by atoms with van der Waals surface area (Å²) in [6, 6.07) is 5.52. The molecule has 3 atom stereocenters. The number of carbonyl (C=O) groups is 3. The predicted octanol–water partition coefficient (Wildman–Crippen LogP) is 2.69. The molecule has 11 heteroatoms. The van der Waals surface area contributed by atoms with E-state index >= 15 is 0 Å². The maximum Gasteiger partial charge on any atom is 0.268 e. The molecule has 0 radical (unpaired) electrons. The van der Waals surface area contributed by atoms with E-state index < -0.39 is 33.9 Å². The van der Waals surface area contributed by atoms with E-state index in [9.17, 15) is 19.6 Å². The molecule has 2 heterocycles. The number of nitrogens with zero attached hydrogens (tertiary/aromatic N) is 1. The SMILES string of the molecule is COc1cc(Cl)c2[nH]c(C(=O)NC(CS(C)(C)C)C(=O)NC(C#N)CC3CC4(CC4)NC3=O)cc2c1. The van der Waals surface area contributed by atoms with Gasteiger partial charge in [-0.3, -0.25) is 14.4 Å². The molecule has 2 aliphatic rings. The molecule has 3 amide bonds. The number of aromatic amines is 1. The molecule has 194 valence electrons. The molecule has 1 saturated carbocycles. The number of rotatable bonds is 9. The molecule has 4 N–H and O–H groups in total. The highest BCUT2D eigenvalue weighted by Crippen LogP contribution is 2.46. The van der Waals surface area contributed by atoms with Gasteiger partial charge in [-0.2, -0.15) is 5.26 Å². The molecular formula is C25H32ClN5O4S. The summed E-state index contributed by atoms with van der Waals surface area (Å²) in [5.74, 6) is -0.244. The van der Waals surface area contributed by atoms with Crippen molar-refractivity contribution in [3.8, 4) is 11.8 Å². The van der Waals surface area contributed by atoms with Gasteiger partial charge in [0.15, 0.2) is 0 Å². The fourth-order valence-corrected chi connectivity index (χ4v) is 6.18. The van der Waals surface area contributed by atoms with Crippen molar-refractivity contribution in [2.24, 2.45) is 5.92 Å². The summed E-state index contributed by atoms with van der Waals surface area (Å²) < 4.78 is 5.24. The highest BCUT2D eigenvalue weighted by atomic mass is 35.5. The maximum atomic E-state index is 13.2. The van der Waals surface area contributed by atoms with E-state index in [1.807, 2.05) is 18.8 Å². The lowest BCUT2D eigenvalue weighted by Crippen LogP contribution is -2.52. The van der Waals surface area contributed by atoms with E-state index in [1.54, 1.807) is 18.2 Å². The fourth-order valence-electron chi connectivity index (χ4n) is 4.68. The number of hydrogen-bond acceptors (Lipinski definition) is 5. The first kappa shape index (κ1) is 26.2. The summed E-state index contributed by atoms with van der Waals surface area (Å²) in [5.41, 5.74) is 0.763. The van der Waals surface area contributed by atoms with E-state index in [4.69, 9.17) is 16.3 Å². The van der Waals surface area contributed by atoms with Gasteiger partial charge >= 0.3 is 0 Å². The third-order valence-corrected chi connectivity index (χ3v) is 8.30. The third kappa shape index (κ3) is 5.90. The van der Waals surface area contributed by atoms with E-state index in [0.29, 0.717) is 33.8 Å². The minimum atomic E-state index is -1.19. The first-order valence-electron chi connectivity index (χ1n) is 11.8. The fraction of sp³-hybridized carbons (Fsp3) is 0.520. The van der Waals surface area contributed by atoms with Crippen LogP contribution in [0.5, 0.6) is 5.75 Å². The van der Waals surface area contributed by atoms with Crippen LogP contribution in [0.4, 0.5) is 0 Å². The molecule has 2 aromatic rings. The second kappa shape index (κ2) is 9.87. The third-order valence-electron chi connectivity index (χ3n) is 6.66. The predicted molar refractivity (Wildman–Crippen MR) is 142 cm³/mol. The zero-order valence-corrected chi connectivity index (χ0v) is 22.4. The van der Waals surface area contributed by atoms with Crippen LogP contribution in [-0.2, 0) is 9.59 Å². The summed E-state index contributed by atoms with van der Waals surface area (Å²) in [7, 11) is 0.347. The van der Waals surface area contributed by atoms with Crippen LogP contribution in [0, 0.1) is 17.2 Å². The molecule has 1 spiro atoms. The summed E-state index contributed by atoms with van der Waals surface area (Å²) in [6.07, 6.45) is 9.03. The number of methoxy groups -OCH3 is 1. The van der Waals surface area contributed by atoms with Gasteiger partial charge in [0.2, 0.25) is 11.8 Å².